The zero-order valence-electron chi connectivity index (χ0n) is 8.42. The Balaban J connectivity index is 3.38. The first-order valence-corrected chi connectivity index (χ1v) is 4.38. The van der Waals surface area contributed by atoms with Gasteiger partial charge in [-0.05, 0) is 0 Å². The Morgan fingerprint density at radius 2 is 2.00 bits per heavy atom. The number of phenols is 1. The number of hydrogen-bond donors (Lipinski definition) is 2. The van der Waals surface area contributed by atoms with Gasteiger partial charge in [0.15, 0.2) is 17.3 Å². The largest absolute Gasteiger partial charge is 0.504 e. The highest BCUT2D eigenvalue weighted by molar-refractivity contribution is 5.48. The number of methoxy groups -OCH3 is 1. The van der Waals surface area contributed by atoms with Crippen molar-refractivity contribution in [3.63, 3.8) is 0 Å². The Morgan fingerprint density at radius 3 is 2.47 bits per heavy atom. The highest BCUT2D eigenvalue weighted by Crippen LogP contribution is 2.38. The van der Waals surface area contributed by atoms with Crippen molar-refractivity contribution in [1.29, 1.82) is 0 Å². The molecule has 3 nitrogen and oxygen atoms in total. The molecule has 0 aromatic heterocycles. The van der Waals surface area contributed by atoms with Gasteiger partial charge < -0.3 is 14.9 Å². The molecule has 1 atom stereocenters. The first-order chi connectivity index (χ1) is 7.02. The van der Waals surface area contributed by atoms with Crippen LogP contribution in [0.15, 0.2) is 6.07 Å². The fourth-order valence-electron chi connectivity index (χ4n) is 1.36. The fourth-order valence-corrected chi connectivity index (χ4v) is 1.36. The molecule has 0 bridgehead atoms. The molecule has 1 aromatic carbocycles. The lowest BCUT2D eigenvalue weighted by molar-refractivity contribution is 0.264. The summed E-state index contributed by atoms with van der Waals surface area (Å²) < 4.78 is 31.0. The van der Waals surface area contributed by atoms with Gasteiger partial charge in [-0.25, -0.2) is 8.78 Å². The predicted molar refractivity (Wildman–Crippen MR) is 50.1 cm³/mol. The Kier molecular flexibility index (Phi) is 3.47. The molecule has 0 saturated carbocycles. The van der Waals surface area contributed by atoms with Crippen LogP contribution in [-0.2, 0) is 0 Å². The van der Waals surface area contributed by atoms with Crippen LogP contribution in [0.2, 0.25) is 0 Å². The van der Waals surface area contributed by atoms with Crippen LogP contribution in [-0.4, -0.2) is 23.9 Å². The van der Waals surface area contributed by atoms with E-state index in [-0.39, 0.29) is 12.2 Å². The van der Waals surface area contributed by atoms with Gasteiger partial charge in [0.05, 0.1) is 7.11 Å². The van der Waals surface area contributed by atoms with E-state index in [0.29, 0.717) is 6.07 Å². The van der Waals surface area contributed by atoms with Crippen molar-refractivity contribution >= 4 is 0 Å². The van der Waals surface area contributed by atoms with E-state index in [9.17, 15) is 13.9 Å². The monoisotopic (exact) mass is 218 g/mol. The molecule has 0 saturated heterocycles. The van der Waals surface area contributed by atoms with Crippen LogP contribution in [0.4, 0.5) is 8.78 Å². The van der Waals surface area contributed by atoms with Crippen LogP contribution in [0.5, 0.6) is 11.5 Å². The molecule has 0 aliphatic heterocycles. The number of benzene rings is 1. The van der Waals surface area contributed by atoms with Crippen LogP contribution < -0.4 is 4.74 Å². The van der Waals surface area contributed by atoms with Crippen molar-refractivity contribution in [3.05, 3.63) is 23.3 Å². The third-order valence-electron chi connectivity index (χ3n) is 2.17. The van der Waals surface area contributed by atoms with Crippen molar-refractivity contribution in [2.45, 2.75) is 12.8 Å². The molecule has 1 rings (SSSR count). The molecule has 0 radical (unpaired) electrons. The van der Waals surface area contributed by atoms with Crippen molar-refractivity contribution in [2.75, 3.05) is 13.7 Å². The maximum Gasteiger partial charge on any atom is 0.197 e. The van der Waals surface area contributed by atoms with Gasteiger partial charge >= 0.3 is 0 Å². The van der Waals surface area contributed by atoms with Crippen LogP contribution in [0, 0.1) is 11.6 Å². The van der Waals surface area contributed by atoms with Gasteiger partial charge in [0.1, 0.15) is 5.82 Å². The Hall–Kier alpha value is -1.36. The summed E-state index contributed by atoms with van der Waals surface area (Å²) in [4.78, 5) is 0. The minimum Gasteiger partial charge on any atom is -0.504 e. The van der Waals surface area contributed by atoms with E-state index in [2.05, 4.69) is 4.74 Å². The van der Waals surface area contributed by atoms with E-state index in [1.807, 2.05) is 0 Å². The second-order valence-electron chi connectivity index (χ2n) is 3.22. The molecule has 0 spiro atoms. The molecular formula is C10H12F2O3. The molecule has 0 amide bonds. The number of aliphatic hydroxyl groups is 1. The summed E-state index contributed by atoms with van der Waals surface area (Å²) in [6.45, 7) is 1.16. The normalized spacial score (nSPS) is 12.6. The van der Waals surface area contributed by atoms with Crippen molar-refractivity contribution < 1.29 is 23.7 Å². The van der Waals surface area contributed by atoms with E-state index >= 15 is 0 Å². The van der Waals surface area contributed by atoms with Crippen LogP contribution in [0.25, 0.3) is 0 Å². The summed E-state index contributed by atoms with van der Waals surface area (Å²) in [7, 11) is 1.17. The number of aliphatic hydroxyl groups excluding tert-OH is 1. The SMILES string of the molecule is COc1c(F)cc(F)c(C(C)CO)c1O. The molecule has 0 fully saturated rings. The molecule has 1 unspecified atom stereocenters. The van der Waals surface area contributed by atoms with Gasteiger partial charge in [-0.3, -0.25) is 0 Å². The molecule has 0 heterocycles. The molecule has 84 valence electrons. The smallest absolute Gasteiger partial charge is 0.197 e. The maximum atomic E-state index is 13.3. The molecule has 0 aliphatic rings. The van der Waals surface area contributed by atoms with E-state index < -0.39 is 29.1 Å². The number of rotatable bonds is 3. The molecular weight excluding hydrogens is 206 g/mol. The lowest BCUT2D eigenvalue weighted by Crippen LogP contribution is -2.05. The Morgan fingerprint density at radius 1 is 1.40 bits per heavy atom. The lowest BCUT2D eigenvalue weighted by atomic mass is 9.99. The van der Waals surface area contributed by atoms with Crippen molar-refractivity contribution in [2.24, 2.45) is 0 Å². The topological polar surface area (TPSA) is 49.7 Å². The summed E-state index contributed by atoms with van der Waals surface area (Å²) in [5, 5.41) is 18.4. The Bertz CT molecular complexity index is 366. The standard InChI is InChI=1S/C10H12F2O3/c1-5(4-13)8-6(11)3-7(12)10(15-2)9(8)14/h3,5,13-14H,4H2,1-2H3. The predicted octanol–water partition coefficient (Wildman–Crippen LogP) is 1.77. The minimum absolute atomic E-state index is 0.143. The highest BCUT2D eigenvalue weighted by atomic mass is 19.1. The van der Waals surface area contributed by atoms with E-state index in [0.717, 1.165) is 0 Å². The highest BCUT2D eigenvalue weighted by Gasteiger charge is 2.22. The number of ether oxygens (including phenoxy) is 1. The fraction of sp³-hybridized carbons (Fsp3) is 0.400. The molecule has 15 heavy (non-hydrogen) atoms. The van der Waals surface area contributed by atoms with E-state index in [1.54, 1.807) is 0 Å². The summed E-state index contributed by atoms with van der Waals surface area (Å²) in [5.41, 5.74) is -0.143. The van der Waals surface area contributed by atoms with Crippen LogP contribution in [0.1, 0.15) is 18.4 Å². The van der Waals surface area contributed by atoms with E-state index in [4.69, 9.17) is 5.11 Å². The number of aromatic hydroxyl groups is 1. The van der Waals surface area contributed by atoms with Gasteiger partial charge in [-0.15, -0.1) is 0 Å². The third-order valence-corrected chi connectivity index (χ3v) is 2.17. The molecule has 2 N–H and O–H groups in total. The van der Waals surface area contributed by atoms with Crippen molar-refractivity contribution in [3.8, 4) is 11.5 Å². The maximum absolute atomic E-state index is 13.3. The summed E-state index contributed by atoms with van der Waals surface area (Å²) in [6.07, 6.45) is 0. The van der Waals surface area contributed by atoms with Gasteiger partial charge in [0.25, 0.3) is 0 Å². The summed E-state index contributed by atoms with van der Waals surface area (Å²) >= 11 is 0. The average Bonchev–Trinajstić information content (AvgIpc) is 2.17. The number of hydrogen-bond acceptors (Lipinski definition) is 3. The van der Waals surface area contributed by atoms with Gasteiger partial charge in [0.2, 0.25) is 0 Å². The van der Waals surface area contributed by atoms with Crippen LogP contribution in [0.3, 0.4) is 0 Å². The number of phenolic OH excluding ortho intramolecular Hbond substituents is 1. The quantitative estimate of drug-likeness (QED) is 0.812. The Labute approximate surface area is 85.9 Å². The second-order valence-corrected chi connectivity index (χ2v) is 3.22. The lowest BCUT2D eigenvalue weighted by Gasteiger charge is -2.14. The summed E-state index contributed by atoms with van der Waals surface area (Å²) in [5.74, 6) is -3.50. The molecule has 1 aromatic rings. The zero-order valence-corrected chi connectivity index (χ0v) is 8.42. The average molecular weight is 218 g/mol. The number of halogens is 2. The van der Waals surface area contributed by atoms with Gasteiger partial charge in [-0.1, -0.05) is 6.92 Å². The molecule has 5 heteroatoms. The summed E-state index contributed by atoms with van der Waals surface area (Å²) in [6, 6.07) is 0.625. The second kappa shape index (κ2) is 4.44. The minimum atomic E-state index is -0.971. The molecule has 0 aliphatic carbocycles. The first-order valence-electron chi connectivity index (χ1n) is 4.38. The zero-order chi connectivity index (χ0) is 11.6. The van der Waals surface area contributed by atoms with Crippen molar-refractivity contribution in [1.82, 2.24) is 0 Å². The van der Waals surface area contributed by atoms with Crippen LogP contribution >= 0.6 is 0 Å². The third kappa shape index (κ3) is 2.02. The van der Waals surface area contributed by atoms with Gasteiger partial charge in [0, 0.05) is 24.2 Å². The first kappa shape index (κ1) is 11.7. The van der Waals surface area contributed by atoms with Gasteiger partial charge in [-0.2, -0.15) is 0 Å². The van der Waals surface area contributed by atoms with E-state index in [1.165, 1.54) is 14.0 Å².